The number of hydrogen-bond donors (Lipinski definition) is 1. The van der Waals surface area contributed by atoms with Crippen LogP contribution in [-0.4, -0.2) is 17.7 Å². The summed E-state index contributed by atoms with van der Waals surface area (Å²) < 4.78 is 5.35. The van der Waals surface area contributed by atoms with E-state index in [2.05, 4.69) is 37.8 Å². The van der Waals surface area contributed by atoms with Crippen molar-refractivity contribution in [2.45, 2.75) is 46.1 Å². The molecule has 2 aromatic carbocycles. The highest BCUT2D eigenvalue weighted by molar-refractivity contribution is 5.87. The Morgan fingerprint density at radius 1 is 1.17 bits per heavy atom. The molecule has 29 heavy (non-hydrogen) atoms. The van der Waals surface area contributed by atoms with Gasteiger partial charge in [-0.25, -0.2) is 4.79 Å². The lowest BCUT2D eigenvalue weighted by Gasteiger charge is -2.20. The monoisotopic (exact) mass is 390 g/mol. The summed E-state index contributed by atoms with van der Waals surface area (Å²) in [5.41, 5.74) is 7.37. The van der Waals surface area contributed by atoms with Crippen molar-refractivity contribution in [3.63, 3.8) is 0 Å². The molecule has 0 spiro atoms. The molecule has 3 nitrogen and oxygen atoms in total. The van der Waals surface area contributed by atoms with Gasteiger partial charge in [-0.2, -0.15) is 0 Å². The van der Waals surface area contributed by atoms with E-state index in [-0.39, 0.29) is 12.6 Å². The lowest BCUT2D eigenvalue weighted by atomic mass is 9.86. The van der Waals surface area contributed by atoms with Gasteiger partial charge in [-0.15, -0.1) is 0 Å². The molecule has 0 heterocycles. The normalized spacial score (nSPS) is 16.2. The summed E-state index contributed by atoms with van der Waals surface area (Å²) in [6, 6.07) is 14.6. The van der Waals surface area contributed by atoms with E-state index in [1.165, 1.54) is 17.6 Å². The van der Waals surface area contributed by atoms with E-state index in [0.717, 1.165) is 41.0 Å². The van der Waals surface area contributed by atoms with Crippen LogP contribution in [-0.2, 0) is 22.6 Å². The van der Waals surface area contributed by atoms with Crippen LogP contribution in [0.15, 0.2) is 60.7 Å². The Labute approximate surface area is 173 Å². The highest BCUT2D eigenvalue weighted by atomic mass is 16.5. The number of benzene rings is 2. The fraction of sp³-hybridized carbons (Fsp3) is 0.346. The third-order valence-electron chi connectivity index (χ3n) is 5.55. The first-order chi connectivity index (χ1) is 14.0. The molecule has 0 fully saturated rings. The van der Waals surface area contributed by atoms with E-state index in [1.54, 1.807) is 6.92 Å². The summed E-state index contributed by atoms with van der Waals surface area (Å²) in [5, 5.41) is 9.30. The molecule has 0 radical (unpaired) electrons. The van der Waals surface area contributed by atoms with Crippen molar-refractivity contribution in [1.82, 2.24) is 0 Å². The van der Waals surface area contributed by atoms with Gasteiger partial charge in [-0.3, -0.25) is 0 Å². The number of aliphatic hydroxyl groups excluding tert-OH is 1. The van der Waals surface area contributed by atoms with Crippen LogP contribution in [0.25, 0.3) is 16.7 Å². The number of aliphatic hydroxyl groups is 1. The molecule has 152 valence electrons. The fourth-order valence-electron chi connectivity index (χ4n) is 3.68. The van der Waals surface area contributed by atoms with Crippen LogP contribution in [0, 0.1) is 5.92 Å². The molecule has 2 aromatic rings. The molecule has 1 atom stereocenters. The van der Waals surface area contributed by atoms with Crippen LogP contribution in [0.4, 0.5) is 0 Å². The summed E-state index contributed by atoms with van der Waals surface area (Å²) in [6.07, 6.45) is 6.47. The average molecular weight is 391 g/mol. The number of allylic oxidation sites excluding steroid dienone is 2. The second-order valence-electron chi connectivity index (χ2n) is 8.00. The average Bonchev–Trinajstić information content (AvgIpc) is 2.74. The molecular weight excluding hydrogens is 360 g/mol. The molecule has 3 heteroatoms. The van der Waals surface area contributed by atoms with E-state index in [4.69, 9.17) is 4.74 Å². The van der Waals surface area contributed by atoms with E-state index >= 15 is 0 Å². The highest BCUT2D eigenvalue weighted by Gasteiger charge is 2.14. The molecule has 0 saturated heterocycles. The van der Waals surface area contributed by atoms with Crippen LogP contribution in [0.3, 0.4) is 0 Å². The largest absolute Gasteiger partial charge is 0.462 e. The maximum atomic E-state index is 11.7. The Balaban J connectivity index is 1.89. The number of carbonyl (C=O) groups is 1. The minimum absolute atomic E-state index is 0.0372. The van der Waals surface area contributed by atoms with E-state index in [0.29, 0.717) is 18.6 Å². The van der Waals surface area contributed by atoms with Gasteiger partial charge in [0.1, 0.15) is 0 Å². The zero-order chi connectivity index (χ0) is 20.8. The molecule has 1 aliphatic carbocycles. The first-order valence-corrected chi connectivity index (χ1v) is 10.3. The van der Waals surface area contributed by atoms with Crippen molar-refractivity contribution in [2.75, 3.05) is 6.61 Å². The molecule has 0 saturated carbocycles. The van der Waals surface area contributed by atoms with E-state index < -0.39 is 0 Å². The van der Waals surface area contributed by atoms with E-state index in [9.17, 15) is 9.90 Å². The Morgan fingerprint density at radius 2 is 1.90 bits per heavy atom. The Kier molecular flexibility index (Phi) is 7.05. The fourth-order valence-corrected chi connectivity index (χ4v) is 3.68. The van der Waals surface area contributed by atoms with Crippen LogP contribution in [0.5, 0.6) is 0 Å². The molecule has 1 unspecified atom stereocenters. The molecule has 1 aliphatic rings. The summed E-state index contributed by atoms with van der Waals surface area (Å²) in [4.78, 5) is 11.7. The minimum Gasteiger partial charge on any atom is -0.462 e. The summed E-state index contributed by atoms with van der Waals surface area (Å²) in [6.45, 7) is 7.96. The number of carbonyl (C=O) groups excluding carboxylic acids is 1. The molecule has 0 bridgehead atoms. The van der Waals surface area contributed by atoms with Crippen LogP contribution in [0.1, 0.15) is 49.8 Å². The second-order valence-corrected chi connectivity index (χ2v) is 8.00. The maximum absolute atomic E-state index is 11.7. The van der Waals surface area contributed by atoms with Crippen molar-refractivity contribution in [3.8, 4) is 11.1 Å². The van der Waals surface area contributed by atoms with Crippen LogP contribution in [0.2, 0.25) is 0 Å². The van der Waals surface area contributed by atoms with E-state index in [1.807, 2.05) is 24.3 Å². The Bertz CT molecular complexity index is 906. The zero-order valence-electron chi connectivity index (χ0n) is 17.4. The lowest BCUT2D eigenvalue weighted by molar-refractivity contribution is -0.138. The van der Waals surface area contributed by atoms with Crippen molar-refractivity contribution in [1.29, 1.82) is 0 Å². The van der Waals surface area contributed by atoms with Gasteiger partial charge in [-0.05, 0) is 65.5 Å². The third-order valence-corrected chi connectivity index (χ3v) is 5.55. The summed E-state index contributed by atoms with van der Waals surface area (Å²) >= 11 is 0. The zero-order valence-corrected chi connectivity index (χ0v) is 17.4. The first-order valence-electron chi connectivity index (χ1n) is 10.3. The topological polar surface area (TPSA) is 46.5 Å². The highest BCUT2D eigenvalue weighted by Crippen LogP contribution is 2.33. The van der Waals surface area contributed by atoms with Gasteiger partial charge in [0.15, 0.2) is 0 Å². The smallest absolute Gasteiger partial charge is 0.333 e. The van der Waals surface area contributed by atoms with Gasteiger partial charge >= 0.3 is 5.97 Å². The Hall–Kier alpha value is -2.65. The number of ether oxygens (including phenoxy) is 1. The SMILES string of the molecule is C=C(C)C(=O)OCCc1cc(C2=CCC(C)CC2)ccc1-c1ccc(CO)cc1. The van der Waals surface area contributed by atoms with Crippen molar-refractivity contribution in [3.05, 3.63) is 77.4 Å². The van der Waals surface area contributed by atoms with Crippen molar-refractivity contribution >= 4 is 11.5 Å². The predicted octanol–water partition coefficient (Wildman–Crippen LogP) is 5.71. The summed E-state index contributed by atoms with van der Waals surface area (Å²) in [5.74, 6) is 0.406. The standard InChI is InChI=1S/C26H30O3/c1-18(2)26(28)29-15-14-24-16-23(21-8-4-19(3)5-9-21)12-13-25(24)22-10-6-20(17-27)7-11-22/h6-8,10-13,16,19,27H,1,4-5,9,14-15,17H2,2-3H3. The molecule has 3 rings (SSSR count). The molecule has 0 aliphatic heterocycles. The molecular formula is C26H30O3. The van der Waals surface area contributed by atoms with Gasteiger partial charge in [0.05, 0.1) is 13.2 Å². The molecule has 0 aromatic heterocycles. The van der Waals surface area contributed by atoms with Crippen molar-refractivity contribution < 1.29 is 14.6 Å². The second kappa shape index (κ2) is 9.71. The van der Waals surface area contributed by atoms with Gasteiger partial charge in [0.2, 0.25) is 0 Å². The number of hydrogen-bond acceptors (Lipinski definition) is 3. The first kappa shape index (κ1) is 21.1. The van der Waals surface area contributed by atoms with Gasteiger partial charge < -0.3 is 9.84 Å². The predicted molar refractivity (Wildman–Crippen MR) is 118 cm³/mol. The number of rotatable bonds is 7. The maximum Gasteiger partial charge on any atom is 0.333 e. The molecule has 1 N–H and O–H groups in total. The van der Waals surface area contributed by atoms with Gasteiger partial charge in [0.25, 0.3) is 0 Å². The minimum atomic E-state index is -0.348. The quantitative estimate of drug-likeness (QED) is 0.486. The van der Waals surface area contributed by atoms with Crippen LogP contribution < -0.4 is 0 Å². The lowest BCUT2D eigenvalue weighted by Crippen LogP contribution is -2.09. The van der Waals surface area contributed by atoms with Crippen LogP contribution >= 0.6 is 0 Å². The van der Waals surface area contributed by atoms with Crippen molar-refractivity contribution in [2.24, 2.45) is 5.92 Å². The van der Waals surface area contributed by atoms with Gasteiger partial charge in [0, 0.05) is 12.0 Å². The number of esters is 1. The third kappa shape index (κ3) is 5.45. The van der Waals surface area contributed by atoms with Gasteiger partial charge in [-0.1, -0.05) is 62.0 Å². The summed E-state index contributed by atoms with van der Waals surface area (Å²) in [7, 11) is 0. The molecule has 0 amide bonds. The Morgan fingerprint density at radius 3 is 2.52 bits per heavy atom.